The van der Waals surface area contributed by atoms with Gasteiger partial charge in [0.15, 0.2) is 9.84 Å². The van der Waals surface area contributed by atoms with E-state index < -0.39 is 27.3 Å². The predicted octanol–water partition coefficient (Wildman–Crippen LogP) is 2.42. The molecule has 0 saturated carbocycles. The summed E-state index contributed by atoms with van der Waals surface area (Å²) in [5, 5.41) is 0.528. The van der Waals surface area contributed by atoms with Crippen molar-refractivity contribution in [2.45, 2.75) is 24.3 Å². The van der Waals surface area contributed by atoms with E-state index in [2.05, 4.69) is 15.9 Å². The number of cyclic esters (lactones) is 1. The fourth-order valence-electron chi connectivity index (χ4n) is 2.50. The maximum atomic E-state index is 12.4. The Labute approximate surface area is 127 Å². The topological polar surface area (TPSA) is 60.4 Å². The largest absolute Gasteiger partial charge is 0.459 e. The van der Waals surface area contributed by atoms with E-state index in [1.54, 1.807) is 30.3 Å². The molecule has 1 aromatic carbocycles. The number of hydrogen-bond acceptors (Lipinski definition) is 4. The monoisotopic (exact) mass is 360 g/mol. The molecule has 0 radical (unpaired) electrons. The van der Waals surface area contributed by atoms with E-state index >= 15 is 0 Å². The van der Waals surface area contributed by atoms with Crippen molar-refractivity contribution in [3.63, 3.8) is 0 Å². The molecule has 2 rings (SSSR count). The van der Waals surface area contributed by atoms with Gasteiger partial charge >= 0.3 is 5.97 Å². The van der Waals surface area contributed by atoms with Crippen molar-refractivity contribution >= 4 is 31.7 Å². The van der Waals surface area contributed by atoms with Crippen LogP contribution in [0.1, 0.15) is 13.8 Å². The van der Waals surface area contributed by atoms with Crippen LogP contribution in [0.5, 0.6) is 0 Å². The van der Waals surface area contributed by atoms with E-state index in [9.17, 15) is 13.2 Å². The van der Waals surface area contributed by atoms with Gasteiger partial charge in [-0.25, -0.2) is 8.42 Å². The van der Waals surface area contributed by atoms with Gasteiger partial charge < -0.3 is 4.74 Å². The average Bonchev–Trinajstić information content (AvgIpc) is 2.59. The van der Waals surface area contributed by atoms with Gasteiger partial charge in [0.25, 0.3) is 0 Å². The van der Waals surface area contributed by atoms with Gasteiger partial charge in [-0.15, -0.1) is 0 Å². The first-order valence-electron chi connectivity index (χ1n) is 6.34. The second-order valence-electron chi connectivity index (χ2n) is 5.49. The molecule has 20 heavy (non-hydrogen) atoms. The lowest BCUT2D eigenvalue weighted by molar-refractivity contribution is -0.148. The molecular formula is C14H17BrO4S. The van der Waals surface area contributed by atoms with Crippen LogP contribution in [-0.4, -0.2) is 31.1 Å². The molecule has 1 aliphatic heterocycles. The number of alkyl halides is 1. The van der Waals surface area contributed by atoms with Crippen molar-refractivity contribution in [2.24, 2.45) is 11.8 Å². The Hall–Kier alpha value is -0.880. The summed E-state index contributed by atoms with van der Waals surface area (Å²) in [6.45, 7) is 3.62. The van der Waals surface area contributed by atoms with E-state index in [0.29, 0.717) is 5.33 Å². The minimum Gasteiger partial charge on any atom is -0.459 e. The Morgan fingerprint density at radius 2 is 1.85 bits per heavy atom. The summed E-state index contributed by atoms with van der Waals surface area (Å²) in [4.78, 5) is 12.2. The van der Waals surface area contributed by atoms with Gasteiger partial charge in [-0.1, -0.05) is 34.1 Å². The van der Waals surface area contributed by atoms with Gasteiger partial charge in [-0.2, -0.15) is 0 Å². The number of carbonyl (C=O) groups excluding carboxylic acids is 1. The quantitative estimate of drug-likeness (QED) is 0.611. The Morgan fingerprint density at radius 1 is 1.25 bits per heavy atom. The molecule has 2 atom stereocenters. The van der Waals surface area contributed by atoms with Crippen molar-refractivity contribution in [3.8, 4) is 0 Å². The third-order valence-electron chi connectivity index (χ3n) is 3.71. The molecule has 0 N–H and O–H groups in total. The van der Waals surface area contributed by atoms with Crippen LogP contribution in [0.25, 0.3) is 0 Å². The first-order chi connectivity index (χ1) is 9.28. The lowest BCUT2D eigenvalue weighted by Gasteiger charge is -2.25. The van der Waals surface area contributed by atoms with Crippen LogP contribution in [0.2, 0.25) is 0 Å². The van der Waals surface area contributed by atoms with E-state index in [-0.39, 0.29) is 16.6 Å². The lowest BCUT2D eigenvalue weighted by Crippen LogP contribution is -2.33. The van der Waals surface area contributed by atoms with Crippen LogP contribution in [0, 0.1) is 11.8 Å². The highest BCUT2D eigenvalue weighted by molar-refractivity contribution is 9.09. The third kappa shape index (κ3) is 2.91. The van der Waals surface area contributed by atoms with Crippen LogP contribution in [0.3, 0.4) is 0 Å². The number of benzene rings is 1. The summed E-state index contributed by atoms with van der Waals surface area (Å²) in [7, 11) is -3.49. The number of carbonyl (C=O) groups is 1. The molecule has 1 saturated heterocycles. The molecule has 1 heterocycles. The van der Waals surface area contributed by atoms with Gasteiger partial charge in [0.1, 0.15) is 5.60 Å². The van der Waals surface area contributed by atoms with E-state index in [0.717, 1.165) is 0 Å². The fraction of sp³-hybridized carbons (Fsp3) is 0.500. The van der Waals surface area contributed by atoms with Crippen molar-refractivity contribution in [3.05, 3.63) is 30.3 Å². The number of ether oxygens (including phenoxy) is 1. The van der Waals surface area contributed by atoms with Crippen LogP contribution < -0.4 is 0 Å². The molecule has 1 fully saturated rings. The standard InChI is InChI=1S/C14H17BrO4S/c1-14(2)12(8-15)11(13(16)19-14)9-20(17,18)10-6-4-3-5-7-10/h3-7,11-12H,8-9H2,1-2H3/t11-,12-/m1/s1. The van der Waals surface area contributed by atoms with Crippen LogP contribution in [0.4, 0.5) is 0 Å². The molecule has 0 unspecified atom stereocenters. The maximum Gasteiger partial charge on any atom is 0.310 e. The summed E-state index contributed by atoms with van der Waals surface area (Å²) in [5.41, 5.74) is -0.641. The molecule has 0 aromatic heterocycles. The average molecular weight is 361 g/mol. The summed E-state index contributed by atoms with van der Waals surface area (Å²) in [5.74, 6) is -1.43. The molecule has 110 valence electrons. The highest BCUT2D eigenvalue weighted by Gasteiger charge is 2.50. The number of rotatable bonds is 4. The molecule has 0 aliphatic carbocycles. The smallest absolute Gasteiger partial charge is 0.310 e. The molecule has 1 aliphatic rings. The van der Waals surface area contributed by atoms with E-state index in [1.807, 2.05) is 13.8 Å². The lowest BCUT2D eigenvalue weighted by atomic mass is 9.86. The summed E-state index contributed by atoms with van der Waals surface area (Å²) >= 11 is 3.36. The summed E-state index contributed by atoms with van der Waals surface area (Å²) in [6.07, 6.45) is 0. The van der Waals surface area contributed by atoms with Crippen LogP contribution in [-0.2, 0) is 19.4 Å². The zero-order chi connectivity index (χ0) is 15.0. The highest BCUT2D eigenvalue weighted by Crippen LogP contribution is 2.39. The molecule has 4 nitrogen and oxygen atoms in total. The summed E-state index contributed by atoms with van der Waals surface area (Å²) < 4.78 is 30.1. The van der Waals surface area contributed by atoms with Gasteiger partial charge in [0, 0.05) is 11.2 Å². The molecule has 6 heteroatoms. The normalized spacial score (nSPS) is 25.4. The summed E-state index contributed by atoms with van der Waals surface area (Å²) in [6, 6.07) is 8.19. The molecule has 0 spiro atoms. The van der Waals surface area contributed by atoms with Gasteiger partial charge in [0.05, 0.1) is 16.6 Å². The molecule has 0 bridgehead atoms. The Kier molecular flexibility index (Phi) is 4.25. The minimum absolute atomic E-state index is 0.159. The Bertz CT molecular complexity index is 595. The molecule has 1 aromatic rings. The number of hydrogen-bond donors (Lipinski definition) is 0. The fourth-order valence-corrected chi connectivity index (χ4v) is 5.33. The van der Waals surface area contributed by atoms with Gasteiger partial charge in [0.2, 0.25) is 0 Å². The van der Waals surface area contributed by atoms with Crippen LogP contribution >= 0.6 is 15.9 Å². The molecular weight excluding hydrogens is 344 g/mol. The first kappa shape index (κ1) is 15.5. The second-order valence-corrected chi connectivity index (χ2v) is 8.17. The zero-order valence-corrected chi connectivity index (χ0v) is 13.8. The van der Waals surface area contributed by atoms with Crippen molar-refractivity contribution in [1.29, 1.82) is 0 Å². The van der Waals surface area contributed by atoms with Gasteiger partial charge in [-0.3, -0.25) is 4.79 Å². The number of halogens is 1. The third-order valence-corrected chi connectivity index (χ3v) is 6.20. The van der Waals surface area contributed by atoms with Crippen molar-refractivity contribution in [1.82, 2.24) is 0 Å². The zero-order valence-electron chi connectivity index (χ0n) is 11.4. The van der Waals surface area contributed by atoms with E-state index in [4.69, 9.17) is 4.74 Å². The molecule has 0 amide bonds. The second kappa shape index (κ2) is 5.48. The van der Waals surface area contributed by atoms with Crippen LogP contribution in [0.15, 0.2) is 35.2 Å². The van der Waals surface area contributed by atoms with E-state index in [1.165, 1.54) is 0 Å². The Morgan fingerprint density at radius 3 is 2.40 bits per heavy atom. The highest BCUT2D eigenvalue weighted by atomic mass is 79.9. The Balaban J connectivity index is 2.28. The first-order valence-corrected chi connectivity index (χ1v) is 9.12. The SMILES string of the molecule is CC1(C)OC(=O)[C@H](CS(=O)(=O)c2ccccc2)[C@H]1CBr. The van der Waals surface area contributed by atoms with Gasteiger partial charge in [-0.05, 0) is 26.0 Å². The maximum absolute atomic E-state index is 12.4. The number of esters is 1. The predicted molar refractivity (Wildman–Crippen MR) is 79.4 cm³/mol. The van der Waals surface area contributed by atoms with Crippen molar-refractivity contribution in [2.75, 3.05) is 11.1 Å². The number of sulfone groups is 1. The van der Waals surface area contributed by atoms with Crippen molar-refractivity contribution < 1.29 is 17.9 Å². The minimum atomic E-state index is -3.49.